The molecule has 0 saturated carbocycles. The predicted octanol–water partition coefficient (Wildman–Crippen LogP) is 6.98. The number of nitrogens with one attached hydrogen (secondary N) is 1. The zero-order valence-corrected chi connectivity index (χ0v) is 18.0. The van der Waals surface area contributed by atoms with E-state index < -0.39 is 29.2 Å². The Morgan fingerprint density at radius 2 is 1.76 bits per heavy atom. The van der Waals surface area contributed by atoms with Crippen LogP contribution in [0.5, 0.6) is 5.75 Å². The van der Waals surface area contributed by atoms with Crippen LogP contribution in [-0.2, 0) is 12.8 Å². The lowest BCUT2D eigenvalue weighted by Crippen LogP contribution is -2.14. The molecule has 4 rings (SSSR count). The number of aromatic nitrogens is 1. The fraction of sp³-hybridized carbons (Fsp3) is 0.0833. The largest absolute Gasteiger partial charge is 0.489 e. The maximum atomic E-state index is 13.9. The molecule has 0 aliphatic rings. The monoisotopic (exact) mass is 490 g/mol. The number of benzene rings is 3. The number of halogens is 5. The molecule has 1 aromatic heterocycles. The lowest BCUT2D eigenvalue weighted by atomic mass is 10.1. The number of carbonyl (C=O) groups excluding carboxylic acids is 1. The Morgan fingerprint density at radius 1 is 1.03 bits per heavy atom. The minimum atomic E-state index is -4.68. The van der Waals surface area contributed by atoms with Gasteiger partial charge in [-0.2, -0.15) is 13.2 Å². The number of alkyl halides is 3. The Labute approximate surface area is 195 Å². The van der Waals surface area contributed by atoms with Crippen LogP contribution in [0.4, 0.5) is 23.2 Å². The van der Waals surface area contributed by atoms with Crippen molar-refractivity contribution in [3.63, 3.8) is 0 Å². The van der Waals surface area contributed by atoms with Gasteiger partial charge < -0.3 is 14.6 Å². The topological polar surface area (TPSA) is 64.4 Å². The molecule has 0 bridgehead atoms. The number of amides is 1. The third-order valence-corrected chi connectivity index (χ3v) is 5.14. The fourth-order valence-corrected chi connectivity index (χ4v) is 3.18. The van der Waals surface area contributed by atoms with E-state index in [1.807, 2.05) is 18.2 Å². The summed E-state index contributed by atoms with van der Waals surface area (Å²) >= 11 is 6.11. The molecule has 0 spiro atoms. The maximum Gasteiger partial charge on any atom is 0.416 e. The number of nitrogens with zero attached hydrogens (tertiary/aromatic N) is 1. The second-order valence-corrected chi connectivity index (χ2v) is 7.53. The van der Waals surface area contributed by atoms with Crippen LogP contribution in [0.25, 0.3) is 11.3 Å². The molecule has 0 atom stereocenters. The Hall–Kier alpha value is -3.85. The minimum absolute atomic E-state index is 0.229. The summed E-state index contributed by atoms with van der Waals surface area (Å²) in [7, 11) is 0. The highest BCUT2D eigenvalue weighted by atomic mass is 35.5. The van der Waals surface area contributed by atoms with Gasteiger partial charge in [-0.1, -0.05) is 35.0 Å². The minimum Gasteiger partial charge on any atom is -0.489 e. The van der Waals surface area contributed by atoms with Crippen LogP contribution in [0.3, 0.4) is 0 Å². The van der Waals surface area contributed by atoms with Crippen molar-refractivity contribution in [2.75, 3.05) is 5.32 Å². The molecule has 0 fully saturated rings. The SMILES string of the molecule is O=C(Nc1cc(C(F)(F)F)ccc1F)c1cc(-c2ccc(OCc3ccccc3Cl)cc2)on1. The second-order valence-electron chi connectivity index (χ2n) is 7.13. The molecule has 0 saturated heterocycles. The van der Waals surface area contributed by atoms with Gasteiger partial charge >= 0.3 is 6.18 Å². The fourth-order valence-electron chi connectivity index (χ4n) is 2.99. The summed E-state index contributed by atoms with van der Waals surface area (Å²) < 4.78 is 63.3. The molecular formula is C24H15ClF4N2O3. The molecule has 1 amide bonds. The van der Waals surface area contributed by atoms with Crippen LogP contribution in [0.2, 0.25) is 5.02 Å². The number of hydrogen-bond acceptors (Lipinski definition) is 4. The van der Waals surface area contributed by atoms with Gasteiger partial charge in [0.15, 0.2) is 11.5 Å². The van der Waals surface area contributed by atoms with E-state index in [1.165, 1.54) is 6.07 Å². The standard InChI is InChI=1S/C24H15ClF4N2O3/c25-18-4-2-1-3-15(18)13-33-17-8-5-14(6-9-17)22-12-21(31-34-22)23(32)30-20-11-16(24(27,28)29)7-10-19(20)26/h1-12H,13H2,(H,30,32). The lowest BCUT2D eigenvalue weighted by Gasteiger charge is -2.10. The van der Waals surface area contributed by atoms with Gasteiger partial charge in [-0.15, -0.1) is 0 Å². The van der Waals surface area contributed by atoms with Crippen LogP contribution in [0, 0.1) is 5.82 Å². The van der Waals surface area contributed by atoms with Crippen LogP contribution in [0.1, 0.15) is 21.6 Å². The Balaban J connectivity index is 1.43. The van der Waals surface area contributed by atoms with Crippen molar-refractivity contribution >= 4 is 23.2 Å². The van der Waals surface area contributed by atoms with Crippen molar-refractivity contribution < 1.29 is 31.6 Å². The zero-order chi connectivity index (χ0) is 24.3. The summed E-state index contributed by atoms with van der Waals surface area (Å²) in [5, 5.41) is 6.30. The second kappa shape index (κ2) is 9.56. The summed E-state index contributed by atoms with van der Waals surface area (Å²) in [6.07, 6.45) is -4.68. The summed E-state index contributed by atoms with van der Waals surface area (Å²) in [5.74, 6) is -1.14. The number of ether oxygens (including phenoxy) is 1. The summed E-state index contributed by atoms with van der Waals surface area (Å²) in [4.78, 5) is 12.4. The normalized spacial score (nSPS) is 11.3. The maximum absolute atomic E-state index is 13.9. The molecule has 0 aliphatic carbocycles. The van der Waals surface area contributed by atoms with Gasteiger partial charge in [0.05, 0.1) is 11.3 Å². The summed E-state index contributed by atoms with van der Waals surface area (Å²) in [6, 6.07) is 17.0. The third kappa shape index (κ3) is 5.37. The van der Waals surface area contributed by atoms with Gasteiger partial charge in [-0.05, 0) is 48.5 Å². The first kappa shape index (κ1) is 23.3. The van der Waals surface area contributed by atoms with E-state index in [0.717, 1.165) is 5.56 Å². The van der Waals surface area contributed by atoms with Gasteiger partial charge in [0.2, 0.25) is 0 Å². The average Bonchev–Trinajstić information content (AvgIpc) is 3.30. The van der Waals surface area contributed by atoms with E-state index in [4.69, 9.17) is 20.9 Å². The van der Waals surface area contributed by atoms with E-state index in [9.17, 15) is 22.4 Å². The molecule has 0 unspecified atom stereocenters. The third-order valence-electron chi connectivity index (χ3n) is 4.78. The van der Waals surface area contributed by atoms with E-state index in [1.54, 1.807) is 30.3 Å². The lowest BCUT2D eigenvalue weighted by molar-refractivity contribution is -0.137. The van der Waals surface area contributed by atoms with Crippen molar-refractivity contribution in [3.05, 3.63) is 100 Å². The van der Waals surface area contributed by atoms with Crippen LogP contribution < -0.4 is 10.1 Å². The Morgan fingerprint density at radius 3 is 2.47 bits per heavy atom. The molecule has 3 aromatic carbocycles. The summed E-state index contributed by atoms with van der Waals surface area (Å²) in [5.41, 5.74) is -0.546. The van der Waals surface area contributed by atoms with E-state index in [2.05, 4.69) is 10.5 Å². The number of rotatable bonds is 6. The average molecular weight is 491 g/mol. The first-order valence-corrected chi connectivity index (χ1v) is 10.2. The molecule has 1 heterocycles. The highest BCUT2D eigenvalue weighted by Gasteiger charge is 2.31. The van der Waals surface area contributed by atoms with E-state index in [-0.39, 0.29) is 18.1 Å². The molecule has 174 valence electrons. The smallest absolute Gasteiger partial charge is 0.416 e. The number of hydrogen-bond donors (Lipinski definition) is 1. The van der Waals surface area contributed by atoms with Crippen LogP contribution in [0.15, 0.2) is 77.3 Å². The molecule has 34 heavy (non-hydrogen) atoms. The van der Waals surface area contributed by atoms with Crippen molar-refractivity contribution in [1.82, 2.24) is 5.16 Å². The molecule has 0 radical (unpaired) electrons. The van der Waals surface area contributed by atoms with Crippen molar-refractivity contribution in [1.29, 1.82) is 0 Å². The number of anilines is 1. The van der Waals surface area contributed by atoms with Crippen LogP contribution in [-0.4, -0.2) is 11.1 Å². The van der Waals surface area contributed by atoms with Gasteiger partial charge in [0.1, 0.15) is 18.2 Å². The predicted molar refractivity (Wildman–Crippen MR) is 117 cm³/mol. The van der Waals surface area contributed by atoms with Crippen LogP contribution >= 0.6 is 11.6 Å². The van der Waals surface area contributed by atoms with Crippen molar-refractivity contribution in [3.8, 4) is 17.1 Å². The number of carbonyl (C=O) groups is 1. The zero-order valence-electron chi connectivity index (χ0n) is 17.2. The highest BCUT2D eigenvalue weighted by molar-refractivity contribution is 6.31. The molecular weight excluding hydrogens is 476 g/mol. The first-order valence-electron chi connectivity index (χ1n) is 9.82. The molecule has 1 N–H and O–H groups in total. The molecule has 4 aromatic rings. The van der Waals surface area contributed by atoms with Gasteiger partial charge in [0, 0.05) is 22.2 Å². The quantitative estimate of drug-likeness (QED) is 0.296. The van der Waals surface area contributed by atoms with Gasteiger partial charge in [0.25, 0.3) is 5.91 Å². The van der Waals surface area contributed by atoms with E-state index in [0.29, 0.717) is 34.5 Å². The molecule has 10 heteroatoms. The van der Waals surface area contributed by atoms with E-state index >= 15 is 0 Å². The molecule has 5 nitrogen and oxygen atoms in total. The molecule has 0 aliphatic heterocycles. The van der Waals surface area contributed by atoms with Crippen molar-refractivity contribution in [2.45, 2.75) is 12.8 Å². The first-order chi connectivity index (χ1) is 16.2. The van der Waals surface area contributed by atoms with Gasteiger partial charge in [-0.3, -0.25) is 4.79 Å². The Kier molecular flexibility index (Phi) is 6.56. The van der Waals surface area contributed by atoms with Gasteiger partial charge in [-0.25, -0.2) is 4.39 Å². The Bertz CT molecular complexity index is 1320. The highest BCUT2D eigenvalue weighted by Crippen LogP contribution is 2.32. The summed E-state index contributed by atoms with van der Waals surface area (Å²) in [6.45, 7) is 0.276. The van der Waals surface area contributed by atoms with Crippen molar-refractivity contribution in [2.24, 2.45) is 0 Å².